The number of carbonyl (C=O) groups excluding carboxylic acids is 2. The molecule has 0 rings (SSSR count). The van der Waals surface area contributed by atoms with Gasteiger partial charge in [0.15, 0.2) is 0 Å². The molecule has 0 saturated heterocycles. The Balaban J connectivity index is 3.35. The van der Waals surface area contributed by atoms with E-state index in [9.17, 15) is 9.59 Å². The van der Waals surface area contributed by atoms with Crippen molar-refractivity contribution in [1.29, 1.82) is 0 Å². The minimum Gasteiger partial charge on any atom is -0.374 e. The molecule has 0 fully saturated rings. The smallest absolute Gasteiger partial charge is 0.201 e. The van der Waals surface area contributed by atoms with Crippen LogP contribution in [0.3, 0.4) is 0 Å². The minimum atomic E-state index is -0.604. The highest BCUT2D eigenvalue weighted by Gasteiger charge is 2.01. The van der Waals surface area contributed by atoms with Crippen LogP contribution in [0.4, 0.5) is 0 Å². The number of carbonyl (C=O) groups is 1. The van der Waals surface area contributed by atoms with Crippen LogP contribution >= 0.6 is 0 Å². The van der Waals surface area contributed by atoms with Gasteiger partial charge in [0.2, 0.25) is 6.29 Å². The summed E-state index contributed by atoms with van der Waals surface area (Å²) in [5.41, 5.74) is 0. The average Bonchev–Trinajstić information content (AvgIpc) is 1.83. The molecule has 3 heteroatoms. The number of methoxy groups -OCH3 is 1. The second kappa shape index (κ2) is 4.46. The van der Waals surface area contributed by atoms with Gasteiger partial charge in [-0.25, -0.2) is 0 Å². The predicted molar refractivity (Wildman–Crippen MR) is 27.2 cm³/mol. The van der Waals surface area contributed by atoms with Crippen LogP contribution in [-0.4, -0.2) is 25.8 Å². The lowest BCUT2D eigenvalue weighted by Crippen LogP contribution is -2.11. The quantitative estimate of drug-likeness (QED) is 0.472. The molecule has 1 unspecified atom stereocenters. The Morgan fingerprint density at radius 2 is 2.50 bits per heavy atom. The second-order valence-corrected chi connectivity index (χ2v) is 1.26. The molecule has 8 heavy (non-hydrogen) atoms. The molecule has 0 aromatic heterocycles. The van der Waals surface area contributed by atoms with E-state index in [0.29, 0.717) is 6.29 Å². The van der Waals surface area contributed by atoms with Gasteiger partial charge in [0.05, 0.1) is 0 Å². The summed E-state index contributed by atoms with van der Waals surface area (Å²) in [7, 11) is 1.37. The zero-order valence-corrected chi connectivity index (χ0v) is 4.59. The average molecular weight is 115 g/mol. The van der Waals surface area contributed by atoms with Crippen molar-refractivity contribution in [3.05, 3.63) is 0 Å². The molecule has 3 nitrogen and oxygen atoms in total. The van der Waals surface area contributed by atoms with Gasteiger partial charge in [-0.3, -0.25) is 4.79 Å². The number of hydrogen-bond acceptors (Lipinski definition) is 3. The molecule has 0 aliphatic rings. The highest BCUT2D eigenvalue weighted by Crippen LogP contribution is 1.86. The van der Waals surface area contributed by atoms with Crippen molar-refractivity contribution in [3.8, 4) is 0 Å². The van der Waals surface area contributed by atoms with Crippen LogP contribution in [0.25, 0.3) is 0 Å². The fourth-order valence-electron chi connectivity index (χ4n) is 0.269. The van der Waals surface area contributed by atoms with E-state index >= 15 is 0 Å². The molecule has 1 atom stereocenters. The van der Waals surface area contributed by atoms with Crippen molar-refractivity contribution in [3.63, 3.8) is 0 Å². The molecular weight excluding hydrogens is 108 g/mol. The van der Waals surface area contributed by atoms with Gasteiger partial charge in [0.25, 0.3) is 0 Å². The molecule has 1 radical (unpaired) electrons. The van der Waals surface area contributed by atoms with Crippen LogP contribution < -0.4 is 0 Å². The van der Waals surface area contributed by atoms with Gasteiger partial charge in [-0.05, 0) is 0 Å². The molecule has 0 spiro atoms. The zero-order chi connectivity index (χ0) is 6.41. The van der Waals surface area contributed by atoms with Crippen LogP contribution in [0.1, 0.15) is 6.42 Å². The Labute approximate surface area is 47.6 Å². The Kier molecular flexibility index (Phi) is 4.07. The van der Waals surface area contributed by atoms with Crippen LogP contribution in [0.2, 0.25) is 0 Å². The van der Waals surface area contributed by atoms with Gasteiger partial charge in [-0.15, -0.1) is 0 Å². The molecule has 0 aromatic rings. The van der Waals surface area contributed by atoms with Crippen molar-refractivity contribution in [2.75, 3.05) is 7.11 Å². The van der Waals surface area contributed by atoms with E-state index < -0.39 is 6.10 Å². The maximum Gasteiger partial charge on any atom is 0.201 e. The summed E-state index contributed by atoms with van der Waals surface area (Å²) in [6.07, 6.45) is 1.56. The van der Waals surface area contributed by atoms with Crippen LogP contribution in [-0.2, 0) is 14.3 Å². The van der Waals surface area contributed by atoms with Crippen LogP contribution in [0.5, 0.6) is 0 Å². The third kappa shape index (κ3) is 2.47. The summed E-state index contributed by atoms with van der Waals surface area (Å²) < 4.78 is 4.51. The van der Waals surface area contributed by atoms with Gasteiger partial charge in [-0.2, -0.15) is 0 Å². The molecule has 0 aliphatic heterocycles. The normalized spacial score (nSPS) is 12.6. The SMILES string of the molecule is COC(C=O)C[C]=O. The summed E-state index contributed by atoms with van der Waals surface area (Å²) in [6, 6.07) is 0. The number of hydrogen-bond donors (Lipinski definition) is 0. The van der Waals surface area contributed by atoms with Gasteiger partial charge in [0.1, 0.15) is 12.4 Å². The highest BCUT2D eigenvalue weighted by molar-refractivity contribution is 5.64. The molecule has 0 bridgehead atoms. The third-order valence-corrected chi connectivity index (χ3v) is 0.739. The van der Waals surface area contributed by atoms with Crippen molar-refractivity contribution in [1.82, 2.24) is 0 Å². The monoisotopic (exact) mass is 115 g/mol. The Bertz CT molecular complexity index is 79.7. The molecule has 0 N–H and O–H groups in total. The van der Waals surface area contributed by atoms with Crippen molar-refractivity contribution < 1.29 is 14.3 Å². The summed E-state index contributed by atoms with van der Waals surface area (Å²) in [5, 5.41) is 0. The first-order valence-electron chi connectivity index (χ1n) is 2.18. The number of aldehydes is 1. The Hall–Kier alpha value is -0.700. The van der Waals surface area contributed by atoms with Crippen molar-refractivity contribution in [2.24, 2.45) is 0 Å². The van der Waals surface area contributed by atoms with E-state index in [2.05, 4.69) is 4.74 Å². The van der Waals surface area contributed by atoms with Gasteiger partial charge in [-0.1, -0.05) is 0 Å². The number of rotatable bonds is 4. The van der Waals surface area contributed by atoms with Crippen molar-refractivity contribution in [2.45, 2.75) is 12.5 Å². The van der Waals surface area contributed by atoms with E-state index in [1.807, 2.05) is 0 Å². The fourth-order valence-corrected chi connectivity index (χ4v) is 0.269. The first kappa shape index (κ1) is 7.30. The molecule has 0 heterocycles. The first-order chi connectivity index (χ1) is 3.85. The van der Waals surface area contributed by atoms with E-state index in [4.69, 9.17) is 0 Å². The van der Waals surface area contributed by atoms with Crippen LogP contribution in [0.15, 0.2) is 0 Å². The fraction of sp³-hybridized carbons (Fsp3) is 0.600. The van der Waals surface area contributed by atoms with E-state index in [-0.39, 0.29) is 6.42 Å². The van der Waals surface area contributed by atoms with E-state index in [1.54, 1.807) is 6.29 Å². The first-order valence-corrected chi connectivity index (χ1v) is 2.18. The highest BCUT2D eigenvalue weighted by atomic mass is 16.5. The predicted octanol–water partition coefficient (Wildman–Crippen LogP) is -0.300. The Morgan fingerprint density at radius 3 is 2.62 bits per heavy atom. The molecule has 0 amide bonds. The summed E-state index contributed by atoms with van der Waals surface area (Å²) in [5.74, 6) is 0. The van der Waals surface area contributed by atoms with E-state index in [0.717, 1.165) is 0 Å². The molecular formula is C5H7O3. The zero-order valence-electron chi connectivity index (χ0n) is 4.59. The molecule has 0 saturated carbocycles. The number of ether oxygens (including phenoxy) is 1. The Morgan fingerprint density at radius 1 is 1.88 bits per heavy atom. The summed E-state index contributed by atoms with van der Waals surface area (Å²) in [4.78, 5) is 19.4. The van der Waals surface area contributed by atoms with Gasteiger partial charge < -0.3 is 9.53 Å². The largest absolute Gasteiger partial charge is 0.374 e. The maximum atomic E-state index is 9.82. The van der Waals surface area contributed by atoms with E-state index in [1.165, 1.54) is 7.11 Å². The standard InChI is InChI=1S/C5H7O3/c1-8-5(4-7)2-3-6/h4-5H,2H2,1H3. The van der Waals surface area contributed by atoms with Crippen molar-refractivity contribution >= 4 is 12.6 Å². The summed E-state index contributed by atoms with van der Waals surface area (Å²) in [6.45, 7) is 0. The topological polar surface area (TPSA) is 43.4 Å². The third-order valence-electron chi connectivity index (χ3n) is 0.739. The second-order valence-electron chi connectivity index (χ2n) is 1.26. The molecule has 0 aromatic carbocycles. The lowest BCUT2D eigenvalue weighted by atomic mass is 10.3. The maximum absolute atomic E-state index is 9.82. The molecule has 45 valence electrons. The van der Waals surface area contributed by atoms with Crippen LogP contribution in [0, 0.1) is 0 Å². The molecule has 0 aliphatic carbocycles. The summed E-state index contributed by atoms with van der Waals surface area (Å²) >= 11 is 0. The minimum absolute atomic E-state index is 0.0278. The van der Waals surface area contributed by atoms with Gasteiger partial charge >= 0.3 is 0 Å². The lowest BCUT2D eigenvalue weighted by Gasteiger charge is -1.98. The lowest BCUT2D eigenvalue weighted by molar-refractivity contribution is -0.116. The van der Waals surface area contributed by atoms with Gasteiger partial charge in [0, 0.05) is 13.5 Å².